The molecule has 0 saturated carbocycles. The van der Waals surface area contributed by atoms with Gasteiger partial charge in [0.25, 0.3) is 0 Å². The lowest BCUT2D eigenvalue weighted by atomic mass is 10.2. The average molecular weight is 308 g/mol. The molecule has 0 saturated heterocycles. The van der Waals surface area contributed by atoms with E-state index in [2.05, 4.69) is 5.32 Å². The molecule has 0 bridgehead atoms. The molecule has 0 radical (unpaired) electrons. The summed E-state index contributed by atoms with van der Waals surface area (Å²) >= 11 is 0. The predicted molar refractivity (Wildman–Crippen MR) is 70.2 cm³/mol. The van der Waals surface area contributed by atoms with E-state index in [0.29, 0.717) is 5.69 Å². The van der Waals surface area contributed by atoms with E-state index >= 15 is 0 Å². The quantitative estimate of drug-likeness (QED) is 0.462. The second-order valence-electron chi connectivity index (χ2n) is 4.37. The van der Waals surface area contributed by atoms with Gasteiger partial charge in [0.15, 0.2) is 0 Å². The molecular formula is C13H16F4N2O2. The smallest absolute Gasteiger partial charge is 0.389 e. The van der Waals surface area contributed by atoms with Gasteiger partial charge in [0.05, 0.1) is 18.7 Å². The molecule has 1 aromatic carbocycles. The van der Waals surface area contributed by atoms with E-state index in [1.165, 1.54) is 12.1 Å². The minimum atomic E-state index is -4.19. The molecule has 118 valence electrons. The van der Waals surface area contributed by atoms with Gasteiger partial charge in [-0.1, -0.05) is 0 Å². The molecule has 1 amide bonds. The monoisotopic (exact) mass is 308 g/mol. The van der Waals surface area contributed by atoms with Gasteiger partial charge in [-0.3, -0.25) is 4.79 Å². The number of anilines is 2. The van der Waals surface area contributed by atoms with Crippen LogP contribution in [0.5, 0.6) is 0 Å². The van der Waals surface area contributed by atoms with Crippen LogP contribution in [0, 0.1) is 5.82 Å². The molecule has 0 heterocycles. The fourth-order valence-corrected chi connectivity index (χ4v) is 1.49. The van der Waals surface area contributed by atoms with Crippen molar-refractivity contribution in [1.29, 1.82) is 0 Å². The van der Waals surface area contributed by atoms with Crippen molar-refractivity contribution in [2.75, 3.05) is 24.3 Å². The minimum Gasteiger partial charge on any atom is -0.396 e. The fourth-order valence-electron chi connectivity index (χ4n) is 1.49. The topological polar surface area (TPSA) is 64.3 Å². The number of hydrogen-bond donors (Lipinski definition) is 2. The molecule has 0 unspecified atom stereocenters. The molecule has 0 spiro atoms. The molecule has 0 aliphatic carbocycles. The second kappa shape index (κ2) is 7.82. The Balaban J connectivity index is 2.18. The van der Waals surface area contributed by atoms with Gasteiger partial charge in [-0.25, -0.2) is 4.39 Å². The fraction of sp³-hybridized carbons (Fsp3) is 0.462. The summed E-state index contributed by atoms with van der Waals surface area (Å²) in [4.78, 5) is 11.5. The number of carbonyl (C=O) groups is 1. The first-order valence-corrected chi connectivity index (χ1v) is 6.27. The molecule has 0 fully saturated rings. The summed E-state index contributed by atoms with van der Waals surface area (Å²) < 4.78 is 53.4. The molecule has 3 N–H and O–H groups in total. The highest BCUT2D eigenvalue weighted by atomic mass is 19.4. The minimum absolute atomic E-state index is 0.0106. The van der Waals surface area contributed by atoms with Crippen molar-refractivity contribution in [2.45, 2.75) is 25.4 Å². The lowest BCUT2D eigenvalue weighted by molar-refractivity contribution is -0.138. The second-order valence-corrected chi connectivity index (χ2v) is 4.37. The van der Waals surface area contributed by atoms with Crippen LogP contribution >= 0.6 is 0 Å². The molecular weight excluding hydrogens is 292 g/mol. The average Bonchev–Trinajstić information content (AvgIpc) is 2.37. The normalized spacial score (nSPS) is 11.4. The van der Waals surface area contributed by atoms with Gasteiger partial charge in [-0.2, -0.15) is 13.2 Å². The summed E-state index contributed by atoms with van der Waals surface area (Å²) in [5.74, 6) is -0.974. The Hall–Kier alpha value is -1.83. The Bertz CT molecular complexity index is 478. The summed E-state index contributed by atoms with van der Waals surface area (Å²) in [7, 11) is 0. The molecule has 1 aromatic rings. The molecule has 0 aliphatic heterocycles. The van der Waals surface area contributed by atoms with Gasteiger partial charge in [0.2, 0.25) is 5.91 Å². The molecule has 0 aliphatic rings. The largest absolute Gasteiger partial charge is 0.396 e. The Morgan fingerprint density at radius 2 is 2.00 bits per heavy atom. The summed E-state index contributed by atoms with van der Waals surface area (Å²) in [5, 5.41) is 2.48. The van der Waals surface area contributed by atoms with Crippen LogP contribution in [0.3, 0.4) is 0 Å². The summed E-state index contributed by atoms with van der Waals surface area (Å²) in [6, 6.07) is 3.75. The maximum absolute atomic E-state index is 12.9. The van der Waals surface area contributed by atoms with Crippen LogP contribution in [0.1, 0.15) is 19.3 Å². The first kappa shape index (κ1) is 17.2. The molecule has 4 nitrogen and oxygen atoms in total. The molecule has 0 aromatic heterocycles. The van der Waals surface area contributed by atoms with E-state index in [9.17, 15) is 22.4 Å². The van der Waals surface area contributed by atoms with Crippen molar-refractivity contribution in [3.8, 4) is 0 Å². The maximum Gasteiger partial charge on any atom is 0.389 e. The van der Waals surface area contributed by atoms with Crippen molar-refractivity contribution < 1.29 is 27.1 Å². The highest BCUT2D eigenvalue weighted by Gasteiger charge is 2.25. The van der Waals surface area contributed by atoms with Gasteiger partial charge < -0.3 is 15.8 Å². The Kier molecular flexibility index (Phi) is 6.41. The lowest BCUT2D eigenvalue weighted by Crippen LogP contribution is -2.15. The molecule has 1 rings (SSSR count). The van der Waals surface area contributed by atoms with Crippen molar-refractivity contribution in [3.63, 3.8) is 0 Å². The van der Waals surface area contributed by atoms with E-state index in [1.54, 1.807) is 0 Å². The standard InChI is InChI=1S/C13H16F4N2O2/c14-10-3-2-9(8-11(10)18)19-12(20)4-7-21-6-1-5-13(15,16)17/h2-3,8H,1,4-7,18H2,(H,19,20). The Morgan fingerprint density at radius 3 is 2.62 bits per heavy atom. The number of nitrogens with one attached hydrogen (secondary N) is 1. The van der Waals surface area contributed by atoms with E-state index in [1.807, 2.05) is 0 Å². The number of amides is 1. The molecule has 21 heavy (non-hydrogen) atoms. The number of hydrogen-bond acceptors (Lipinski definition) is 3. The number of rotatable bonds is 7. The summed E-state index contributed by atoms with van der Waals surface area (Å²) in [6.45, 7) is -0.0450. The SMILES string of the molecule is Nc1cc(NC(=O)CCOCCCC(F)(F)F)ccc1F. The predicted octanol–water partition coefficient (Wildman–Crippen LogP) is 3.10. The lowest BCUT2D eigenvalue weighted by Gasteiger charge is -2.08. The third-order valence-corrected chi connectivity index (χ3v) is 2.50. The Labute approximate surface area is 119 Å². The number of nitrogens with two attached hydrogens (primary N) is 1. The van der Waals surface area contributed by atoms with Crippen LogP contribution in [0.15, 0.2) is 18.2 Å². The zero-order chi connectivity index (χ0) is 15.9. The van der Waals surface area contributed by atoms with Crippen molar-refractivity contribution in [1.82, 2.24) is 0 Å². The van der Waals surface area contributed by atoms with Gasteiger partial charge in [0, 0.05) is 18.7 Å². The van der Waals surface area contributed by atoms with Crippen LogP contribution < -0.4 is 11.1 Å². The summed E-state index contributed by atoms with van der Waals surface area (Å²) in [5.41, 5.74) is 5.60. The van der Waals surface area contributed by atoms with Crippen molar-refractivity contribution >= 4 is 17.3 Å². The molecule has 8 heteroatoms. The van der Waals surface area contributed by atoms with E-state index in [-0.39, 0.29) is 31.7 Å². The van der Waals surface area contributed by atoms with Crippen molar-refractivity contribution in [2.24, 2.45) is 0 Å². The maximum atomic E-state index is 12.9. The first-order chi connectivity index (χ1) is 9.78. The van der Waals surface area contributed by atoms with Crippen LogP contribution in [0.4, 0.5) is 28.9 Å². The highest BCUT2D eigenvalue weighted by molar-refractivity contribution is 5.91. The number of alkyl halides is 3. The van der Waals surface area contributed by atoms with Crippen molar-refractivity contribution in [3.05, 3.63) is 24.0 Å². The summed E-state index contributed by atoms with van der Waals surface area (Å²) in [6.07, 6.45) is -5.25. The van der Waals surface area contributed by atoms with Gasteiger partial charge in [-0.15, -0.1) is 0 Å². The first-order valence-electron chi connectivity index (χ1n) is 6.27. The number of ether oxygens (including phenoxy) is 1. The molecule has 0 atom stereocenters. The van der Waals surface area contributed by atoms with Gasteiger partial charge in [-0.05, 0) is 24.6 Å². The zero-order valence-electron chi connectivity index (χ0n) is 11.2. The van der Waals surface area contributed by atoms with E-state index < -0.39 is 24.3 Å². The van der Waals surface area contributed by atoms with Gasteiger partial charge >= 0.3 is 6.18 Å². The van der Waals surface area contributed by atoms with Crippen LogP contribution in [0.2, 0.25) is 0 Å². The number of carbonyl (C=O) groups excluding carboxylic acids is 1. The van der Waals surface area contributed by atoms with Crippen LogP contribution in [-0.2, 0) is 9.53 Å². The van der Waals surface area contributed by atoms with E-state index in [4.69, 9.17) is 10.5 Å². The third kappa shape index (κ3) is 7.50. The third-order valence-electron chi connectivity index (χ3n) is 2.50. The van der Waals surface area contributed by atoms with Crippen LogP contribution in [-0.4, -0.2) is 25.3 Å². The highest BCUT2D eigenvalue weighted by Crippen LogP contribution is 2.21. The zero-order valence-corrected chi connectivity index (χ0v) is 11.2. The van der Waals surface area contributed by atoms with Gasteiger partial charge in [0.1, 0.15) is 5.82 Å². The van der Waals surface area contributed by atoms with E-state index in [0.717, 1.165) is 6.07 Å². The number of benzene rings is 1. The van der Waals surface area contributed by atoms with Crippen LogP contribution in [0.25, 0.3) is 0 Å². The number of nitrogen functional groups attached to an aromatic ring is 1. The number of halogens is 4. The Morgan fingerprint density at radius 1 is 1.29 bits per heavy atom.